The highest BCUT2D eigenvalue weighted by atomic mass is 79.9. The zero-order valence-electron chi connectivity index (χ0n) is 8.29. The minimum atomic E-state index is -0.288. The molecule has 1 atom stereocenters. The molecule has 0 bridgehead atoms. The highest BCUT2D eigenvalue weighted by molar-refractivity contribution is 9.09. The van der Waals surface area contributed by atoms with E-state index < -0.39 is 0 Å². The third kappa shape index (κ3) is 2.47. The summed E-state index contributed by atoms with van der Waals surface area (Å²) in [6.07, 6.45) is 2.05. The zero-order valence-corrected chi connectivity index (χ0v) is 10.6. The van der Waals surface area contributed by atoms with Crippen LogP contribution < -0.4 is 0 Å². The van der Waals surface area contributed by atoms with Crippen LogP contribution in [0.15, 0.2) is 41.0 Å². The third-order valence-electron chi connectivity index (χ3n) is 2.30. The summed E-state index contributed by atoms with van der Waals surface area (Å²) in [5, 5.41) is 0.441. The van der Waals surface area contributed by atoms with Crippen molar-refractivity contribution in [3.63, 3.8) is 0 Å². The van der Waals surface area contributed by atoms with Gasteiger partial charge in [-0.15, -0.1) is 0 Å². The van der Waals surface area contributed by atoms with E-state index >= 15 is 0 Å². The van der Waals surface area contributed by atoms with Gasteiger partial charge < -0.3 is 4.42 Å². The molecule has 4 heteroatoms. The van der Waals surface area contributed by atoms with Crippen molar-refractivity contribution in [2.75, 3.05) is 0 Å². The summed E-state index contributed by atoms with van der Waals surface area (Å²) in [4.78, 5) is -0.0723. The summed E-state index contributed by atoms with van der Waals surface area (Å²) < 4.78 is 18.8. The van der Waals surface area contributed by atoms with Gasteiger partial charge in [-0.05, 0) is 30.7 Å². The molecule has 0 radical (unpaired) electrons. The standard InChI is InChI=1S/C12H9BrClFO/c13-9(12-5-2-6-16-12)7-8-10(14)3-1-4-11(8)15/h1-6,9H,7H2. The Hall–Kier alpha value is -0.800. The van der Waals surface area contributed by atoms with Crippen LogP contribution >= 0.6 is 27.5 Å². The van der Waals surface area contributed by atoms with E-state index in [-0.39, 0.29) is 10.6 Å². The highest BCUT2D eigenvalue weighted by Gasteiger charge is 2.15. The van der Waals surface area contributed by atoms with E-state index in [4.69, 9.17) is 16.0 Å². The highest BCUT2D eigenvalue weighted by Crippen LogP contribution is 2.31. The van der Waals surface area contributed by atoms with Crippen molar-refractivity contribution < 1.29 is 8.81 Å². The van der Waals surface area contributed by atoms with Crippen molar-refractivity contribution in [3.05, 3.63) is 58.8 Å². The van der Waals surface area contributed by atoms with Crippen molar-refractivity contribution in [1.29, 1.82) is 0 Å². The van der Waals surface area contributed by atoms with E-state index in [2.05, 4.69) is 15.9 Å². The van der Waals surface area contributed by atoms with E-state index in [1.54, 1.807) is 24.5 Å². The lowest BCUT2D eigenvalue weighted by Gasteiger charge is -2.09. The van der Waals surface area contributed by atoms with Crippen molar-refractivity contribution in [2.24, 2.45) is 0 Å². The Morgan fingerprint density at radius 2 is 2.12 bits per heavy atom. The number of rotatable bonds is 3. The lowest BCUT2D eigenvalue weighted by Crippen LogP contribution is -1.98. The molecule has 1 aromatic carbocycles. The van der Waals surface area contributed by atoms with E-state index in [0.29, 0.717) is 17.0 Å². The molecule has 84 valence electrons. The molecule has 1 aromatic heterocycles. The fraction of sp³-hybridized carbons (Fsp3) is 0.167. The van der Waals surface area contributed by atoms with Gasteiger partial charge in [0, 0.05) is 10.6 Å². The molecule has 2 aromatic rings. The van der Waals surface area contributed by atoms with Gasteiger partial charge in [-0.2, -0.15) is 0 Å². The summed E-state index contributed by atoms with van der Waals surface area (Å²) in [5.41, 5.74) is 0.502. The second kappa shape index (κ2) is 5.02. The van der Waals surface area contributed by atoms with Crippen LogP contribution in [0.25, 0.3) is 0 Å². The van der Waals surface area contributed by atoms with Crippen LogP contribution in [0.3, 0.4) is 0 Å². The van der Waals surface area contributed by atoms with Gasteiger partial charge in [-0.3, -0.25) is 0 Å². The summed E-state index contributed by atoms with van der Waals surface area (Å²) in [6.45, 7) is 0. The first-order valence-corrected chi connectivity index (χ1v) is 6.08. The van der Waals surface area contributed by atoms with E-state index in [9.17, 15) is 4.39 Å². The zero-order chi connectivity index (χ0) is 11.5. The van der Waals surface area contributed by atoms with Gasteiger partial charge in [0.05, 0.1) is 11.1 Å². The van der Waals surface area contributed by atoms with Gasteiger partial charge in [0.15, 0.2) is 0 Å². The van der Waals surface area contributed by atoms with Crippen LogP contribution in [0.4, 0.5) is 4.39 Å². The van der Waals surface area contributed by atoms with Gasteiger partial charge in [0.2, 0.25) is 0 Å². The predicted octanol–water partition coefficient (Wildman–Crippen LogP) is 4.75. The first-order valence-electron chi connectivity index (χ1n) is 4.79. The fourth-order valence-corrected chi connectivity index (χ4v) is 2.30. The number of alkyl halides is 1. The van der Waals surface area contributed by atoms with E-state index in [1.807, 2.05) is 6.07 Å². The maximum atomic E-state index is 13.5. The monoisotopic (exact) mass is 302 g/mol. The Labute approximate surface area is 106 Å². The minimum Gasteiger partial charge on any atom is -0.468 e. The van der Waals surface area contributed by atoms with Crippen LogP contribution in [0, 0.1) is 5.82 Å². The van der Waals surface area contributed by atoms with Crippen molar-refractivity contribution in [3.8, 4) is 0 Å². The van der Waals surface area contributed by atoms with Crippen LogP contribution in [0.2, 0.25) is 5.02 Å². The molecule has 0 aliphatic heterocycles. The van der Waals surface area contributed by atoms with Gasteiger partial charge in [-0.25, -0.2) is 4.39 Å². The smallest absolute Gasteiger partial charge is 0.127 e. The van der Waals surface area contributed by atoms with E-state index in [0.717, 1.165) is 5.76 Å². The molecule has 1 unspecified atom stereocenters. The van der Waals surface area contributed by atoms with Crippen LogP contribution in [0.1, 0.15) is 16.2 Å². The number of furan rings is 1. The SMILES string of the molecule is Fc1cccc(Cl)c1CC(Br)c1ccco1. The Bertz CT molecular complexity index is 450. The number of halogens is 3. The largest absolute Gasteiger partial charge is 0.468 e. The minimum absolute atomic E-state index is 0.0723. The number of hydrogen-bond acceptors (Lipinski definition) is 1. The molecule has 0 saturated carbocycles. The average molecular weight is 304 g/mol. The Morgan fingerprint density at radius 1 is 1.31 bits per heavy atom. The maximum absolute atomic E-state index is 13.5. The second-order valence-corrected chi connectivity index (χ2v) is 4.90. The van der Waals surface area contributed by atoms with Crippen molar-refractivity contribution >= 4 is 27.5 Å². The maximum Gasteiger partial charge on any atom is 0.127 e. The molecular formula is C12H9BrClFO. The van der Waals surface area contributed by atoms with Crippen LogP contribution in [-0.4, -0.2) is 0 Å². The molecule has 0 amide bonds. The number of benzene rings is 1. The molecule has 1 heterocycles. The van der Waals surface area contributed by atoms with Crippen molar-refractivity contribution in [2.45, 2.75) is 11.2 Å². The molecule has 0 spiro atoms. The molecule has 1 nitrogen and oxygen atoms in total. The molecule has 0 saturated heterocycles. The van der Waals surface area contributed by atoms with Crippen LogP contribution in [-0.2, 0) is 6.42 Å². The normalized spacial score (nSPS) is 12.7. The van der Waals surface area contributed by atoms with Crippen LogP contribution in [0.5, 0.6) is 0 Å². The summed E-state index contributed by atoms with van der Waals surface area (Å²) in [6, 6.07) is 8.32. The average Bonchev–Trinajstić information content (AvgIpc) is 2.76. The first-order chi connectivity index (χ1) is 7.68. The lowest BCUT2D eigenvalue weighted by molar-refractivity contribution is 0.504. The van der Waals surface area contributed by atoms with Gasteiger partial charge >= 0.3 is 0 Å². The topological polar surface area (TPSA) is 13.1 Å². The molecule has 16 heavy (non-hydrogen) atoms. The first kappa shape index (κ1) is 11.7. The lowest BCUT2D eigenvalue weighted by atomic mass is 10.1. The molecular weight excluding hydrogens is 294 g/mol. The van der Waals surface area contributed by atoms with E-state index in [1.165, 1.54) is 6.07 Å². The van der Waals surface area contributed by atoms with Gasteiger partial charge in [0.25, 0.3) is 0 Å². The number of hydrogen-bond donors (Lipinski definition) is 0. The molecule has 0 aliphatic carbocycles. The predicted molar refractivity (Wildman–Crippen MR) is 65.5 cm³/mol. The summed E-state index contributed by atoms with van der Waals surface area (Å²) >= 11 is 9.39. The third-order valence-corrected chi connectivity index (χ3v) is 3.43. The summed E-state index contributed by atoms with van der Waals surface area (Å²) in [5.74, 6) is 0.475. The molecule has 2 rings (SSSR count). The van der Waals surface area contributed by atoms with Crippen molar-refractivity contribution in [1.82, 2.24) is 0 Å². The molecule has 0 fully saturated rings. The Balaban J connectivity index is 2.21. The van der Waals surface area contributed by atoms with Gasteiger partial charge in [-0.1, -0.05) is 33.6 Å². The Morgan fingerprint density at radius 3 is 2.75 bits per heavy atom. The fourth-order valence-electron chi connectivity index (χ4n) is 1.48. The molecule has 0 N–H and O–H groups in total. The quantitative estimate of drug-likeness (QED) is 0.746. The van der Waals surface area contributed by atoms with Gasteiger partial charge in [0.1, 0.15) is 11.6 Å². The molecule has 0 aliphatic rings. The summed E-state index contributed by atoms with van der Waals surface area (Å²) in [7, 11) is 0. The Kier molecular flexibility index (Phi) is 3.66. The second-order valence-electron chi connectivity index (χ2n) is 3.39.